The molecule has 2 heterocycles. The van der Waals surface area contributed by atoms with Crippen LogP contribution in [0.4, 0.5) is 0 Å². The second-order valence-electron chi connectivity index (χ2n) is 5.90. The van der Waals surface area contributed by atoms with Gasteiger partial charge in [0.25, 0.3) is 0 Å². The zero-order chi connectivity index (χ0) is 16.8. The van der Waals surface area contributed by atoms with E-state index in [1.54, 1.807) is 26.6 Å². The third kappa shape index (κ3) is 4.21. The van der Waals surface area contributed by atoms with E-state index in [0.29, 0.717) is 0 Å². The molecule has 3 rings (SSSR count). The molecule has 6 nitrogen and oxygen atoms in total. The molecule has 0 N–H and O–H groups in total. The number of methoxy groups -OCH3 is 2. The van der Waals surface area contributed by atoms with E-state index in [2.05, 4.69) is 25.8 Å². The predicted octanol–water partition coefficient (Wildman–Crippen LogP) is 1.81. The smallest absolute Gasteiger partial charge is 0.142 e. The summed E-state index contributed by atoms with van der Waals surface area (Å²) in [6.07, 6.45) is 3.60. The first-order valence-corrected chi connectivity index (χ1v) is 8.20. The fourth-order valence-corrected chi connectivity index (χ4v) is 2.96. The zero-order valence-electron chi connectivity index (χ0n) is 14.3. The summed E-state index contributed by atoms with van der Waals surface area (Å²) in [5.41, 5.74) is 1.16. The highest BCUT2D eigenvalue weighted by Gasteiger charge is 2.19. The van der Waals surface area contributed by atoms with Crippen LogP contribution in [-0.4, -0.2) is 60.2 Å². The Labute approximate surface area is 143 Å². The first-order chi connectivity index (χ1) is 11.8. The maximum absolute atomic E-state index is 5.48. The van der Waals surface area contributed by atoms with Gasteiger partial charge in [0.15, 0.2) is 0 Å². The summed E-state index contributed by atoms with van der Waals surface area (Å²) in [5.74, 6) is 2.67. The summed E-state index contributed by atoms with van der Waals surface area (Å²) < 4.78 is 10.8. The molecule has 0 atom stereocenters. The molecular formula is C18H24N4O2. The molecule has 1 aliphatic rings. The maximum Gasteiger partial charge on any atom is 0.142 e. The molecule has 1 aromatic carbocycles. The zero-order valence-corrected chi connectivity index (χ0v) is 14.3. The predicted molar refractivity (Wildman–Crippen MR) is 92.1 cm³/mol. The van der Waals surface area contributed by atoms with Gasteiger partial charge in [-0.25, -0.2) is 9.97 Å². The summed E-state index contributed by atoms with van der Waals surface area (Å²) in [4.78, 5) is 13.5. The van der Waals surface area contributed by atoms with Crippen molar-refractivity contribution in [3.63, 3.8) is 0 Å². The van der Waals surface area contributed by atoms with Crippen LogP contribution in [-0.2, 0) is 13.1 Å². The third-order valence-corrected chi connectivity index (χ3v) is 4.33. The number of piperazine rings is 1. The second-order valence-corrected chi connectivity index (χ2v) is 5.90. The molecule has 24 heavy (non-hydrogen) atoms. The lowest BCUT2D eigenvalue weighted by molar-refractivity contribution is 0.119. The van der Waals surface area contributed by atoms with Gasteiger partial charge < -0.3 is 9.47 Å². The minimum absolute atomic E-state index is 0.817. The lowest BCUT2D eigenvalue weighted by Crippen LogP contribution is -2.45. The lowest BCUT2D eigenvalue weighted by Gasteiger charge is -2.34. The topological polar surface area (TPSA) is 50.7 Å². The number of aromatic nitrogens is 2. The van der Waals surface area contributed by atoms with Crippen molar-refractivity contribution < 1.29 is 9.47 Å². The lowest BCUT2D eigenvalue weighted by atomic mass is 10.1. The molecule has 6 heteroatoms. The molecule has 1 fully saturated rings. The quantitative estimate of drug-likeness (QED) is 0.806. The van der Waals surface area contributed by atoms with Crippen molar-refractivity contribution >= 4 is 0 Å². The van der Waals surface area contributed by atoms with Gasteiger partial charge in [-0.2, -0.15) is 0 Å². The fraction of sp³-hybridized carbons (Fsp3) is 0.444. The Balaban J connectivity index is 1.55. The SMILES string of the molecule is COc1ccc(OC)c(CN2CCN(Cc3ncccn3)CC2)c1. The molecule has 2 aromatic rings. The fourth-order valence-electron chi connectivity index (χ4n) is 2.96. The first kappa shape index (κ1) is 16.7. The largest absolute Gasteiger partial charge is 0.497 e. The number of benzene rings is 1. The summed E-state index contributed by atoms with van der Waals surface area (Å²) in [6, 6.07) is 7.81. The van der Waals surface area contributed by atoms with Gasteiger partial charge >= 0.3 is 0 Å². The van der Waals surface area contributed by atoms with Crippen molar-refractivity contribution in [3.05, 3.63) is 48.0 Å². The van der Waals surface area contributed by atoms with Crippen molar-refractivity contribution in [1.29, 1.82) is 0 Å². The van der Waals surface area contributed by atoms with E-state index in [1.807, 2.05) is 18.2 Å². The molecule has 0 saturated carbocycles. The molecule has 0 radical (unpaired) electrons. The summed E-state index contributed by atoms with van der Waals surface area (Å²) in [5, 5.41) is 0. The highest BCUT2D eigenvalue weighted by Crippen LogP contribution is 2.25. The molecule has 128 valence electrons. The van der Waals surface area contributed by atoms with Crippen molar-refractivity contribution in [2.24, 2.45) is 0 Å². The first-order valence-electron chi connectivity index (χ1n) is 8.20. The van der Waals surface area contributed by atoms with Gasteiger partial charge in [0.1, 0.15) is 17.3 Å². The summed E-state index contributed by atoms with van der Waals surface area (Å²) in [7, 11) is 3.40. The van der Waals surface area contributed by atoms with E-state index in [4.69, 9.17) is 9.47 Å². The highest BCUT2D eigenvalue weighted by molar-refractivity contribution is 5.40. The maximum atomic E-state index is 5.48. The molecule has 0 spiro atoms. The van der Waals surface area contributed by atoms with Crippen LogP contribution in [0.25, 0.3) is 0 Å². The number of hydrogen-bond acceptors (Lipinski definition) is 6. The average molecular weight is 328 g/mol. The van der Waals surface area contributed by atoms with Crippen molar-refractivity contribution in [2.45, 2.75) is 13.1 Å². The Morgan fingerprint density at radius 3 is 2.21 bits per heavy atom. The number of rotatable bonds is 6. The average Bonchev–Trinajstić information content (AvgIpc) is 2.64. The van der Waals surface area contributed by atoms with Gasteiger partial charge in [-0.15, -0.1) is 0 Å². The van der Waals surface area contributed by atoms with E-state index < -0.39 is 0 Å². The Morgan fingerprint density at radius 1 is 0.917 bits per heavy atom. The summed E-state index contributed by atoms with van der Waals surface area (Å²) in [6.45, 7) is 5.77. The Morgan fingerprint density at radius 2 is 1.58 bits per heavy atom. The van der Waals surface area contributed by atoms with Crippen LogP contribution in [0.1, 0.15) is 11.4 Å². The molecule has 1 aromatic heterocycles. The molecule has 0 amide bonds. The normalized spacial score (nSPS) is 16.1. The third-order valence-electron chi connectivity index (χ3n) is 4.33. The van der Waals surface area contributed by atoms with E-state index >= 15 is 0 Å². The number of hydrogen-bond donors (Lipinski definition) is 0. The van der Waals surface area contributed by atoms with Crippen LogP contribution in [0.5, 0.6) is 11.5 Å². The molecule has 0 aliphatic carbocycles. The van der Waals surface area contributed by atoms with Crippen LogP contribution < -0.4 is 9.47 Å². The molecule has 1 saturated heterocycles. The monoisotopic (exact) mass is 328 g/mol. The van der Waals surface area contributed by atoms with Crippen LogP contribution in [0.3, 0.4) is 0 Å². The van der Waals surface area contributed by atoms with Crippen molar-refractivity contribution in [1.82, 2.24) is 19.8 Å². The van der Waals surface area contributed by atoms with Gasteiger partial charge in [-0.1, -0.05) is 0 Å². The minimum atomic E-state index is 0.817. The van der Waals surface area contributed by atoms with E-state index in [-0.39, 0.29) is 0 Å². The van der Waals surface area contributed by atoms with Gasteiger partial charge in [-0.3, -0.25) is 9.80 Å². The van der Waals surface area contributed by atoms with Crippen molar-refractivity contribution in [3.8, 4) is 11.5 Å². The molecule has 0 bridgehead atoms. The molecular weight excluding hydrogens is 304 g/mol. The van der Waals surface area contributed by atoms with Gasteiger partial charge in [-0.05, 0) is 24.3 Å². The van der Waals surface area contributed by atoms with Gasteiger partial charge in [0.05, 0.1) is 20.8 Å². The molecule has 0 unspecified atom stereocenters. The van der Waals surface area contributed by atoms with Gasteiger partial charge in [0, 0.05) is 50.7 Å². The van der Waals surface area contributed by atoms with E-state index in [0.717, 1.165) is 62.2 Å². The number of ether oxygens (including phenoxy) is 2. The van der Waals surface area contributed by atoms with Crippen molar-refractivity contribution in [2.75, 3.05) is 40.4 Å². The Bertz CT molecular complexity index is 643. The van der Waals surface area contributed by atoms with Crippen LogP contribution >= 0.6 is 0 Å². The second kappa shape index (κ2) is 8.08. The minimum Gasteiger partial charge on any atom is -0.497 e. The van der Waals surface area contributed by atoms with E-state index in [1.165, 1.54) is 0 Å². The van der Waals surface area contributed by atoms with E-state index in [9.17, 15) is 0 Å². The van der Waals surface area contributed by atoms with Crippen LogP contribution in [0, 0.1) is 0 Å². The molecule has 1 aliphatic heterocycles. The standard InChI is InChI=1S/C18H24N4O2/c1-23-16-4-5-17(24-2)15(12-16)13-21-8-10-22(11-9-21)14-18-19-6-3-7-20-18/h3-7,12H,8-11,13-14H2,1-2H3. The van der Waals surface area contributed by atoms with Gasteiger partial charge in [0.2, 0.25) is 0 Å². The van der Waals surface area contributed by atoms with Crippen LogP contribution in [0.2, 0.25) is 0 Å². The summed E-state index contributed by atoms with van der Waals surface area (Å²) >= 11 is 0. The Hall–Kier alpha value is -2.18. The van der Waals surface area contributed by atoms with Crippen LogP contribution in [0.15, 0.2) is 36.7 Å². The number of nitrogens with zero attached hydrogens (tertiary/aromatic N) is 4. The Kier molecular flexibility index (Phi) is 5.61. The highest BCUT2D eigenvalue weighted by atomic mass is 16.5.